The van der Waals surface area contributed by atoms with E-state index in [1.165, 1.54) is 4.90 Å². The molecule has 0 spiro atoms. The van der Waals surface area contributed by atoms with Crippen LogP contribution in [0.3, 0.4) is 0 Å². The van der Waals surface area contributed by atoms with E-state index < -0.39 is 0 Å². The lowest BCUT2D eigenvalue weighted by atomic mass is 10.2. The van der Waals surface area contributed by atoms with Gasteiger partial charge in [-0.2, -0.15) is 0 Å². The highest BCUT2D eigenvalue weighted by atomic mass is 16.5. The van der Waals surface area contributed by atoms with Crippen LogP contribution in [0.1, 0.15) is 51.9 Å². The van der Waals surface area contributed by atoms with E-state index in [0.717, 1.165) is 51.7 Å². The molecule has 1 unspecified atom stereocenters. The van der Waals surface area contributed by atoms with Gasteiger partial charge in [-0.05, 0) is 32.2 Å². The van der Waals surface area contributed by atoms with Crippen LogP contribution in [-0.4, -0.2) is 48.6 Å². The minimum absolute atomic E-state index is 0.00151. The average Bonchev–Trinajstić information content (AvgIpc) is 3.03. The summed E-state index contributed by atoms with van der Waals surface area (Å²) in [5.41, 5.74) is 0. The predicted molar refractivity (Wildman–Crippen MR) is 76.2 cm³/mol. The highest BCUT2D eigenvalue weighted by Gasteiger charge is 2.42. The fourth-order valence-electron chi connectivity index (χ4n) is 3.05. The molecule has 2 amide bonds. The molecule has 1 saturated carbocycles. The summed E-state index contributed by atoms with van der Waals surface area (Å²) in [7, 11) is 0. The van der Waals surface area contributed by atoms with Gasteiger partial charge < -0.3 is 10.1 Å². The molecule has 0 aromatic rings. The van der Waals surface area contributed by atoms with Crippen LogP contribution in [0.15, 0.2) is 0 Å². The van der Waals surface area contributed by atoms with Crippen molar-refractivity contribution in [1.29, 1.82) is 0 Å². The second-order valence-electron chi connectivity index (χ2n) is 5.72. The Morgan fingerprint density at radius 1 is 1.25 bits per heavy atom. The number of carbonyl (C=O) groups is 2. The number of hydrogen-bond acceptors (Lipinski definition) is 4. The van der Waals surface area contributed by atoms with E-state index in [2.05, 4.69) is 12.2 Å². The Morgan fingerprint density at radius 3 is 2.70 bits per heavy atom. The Balaban J connectivity index is 1.71. The Morgan fingerprint density at radius 2 is 2.00 bits per heavy atom. The zero-order valence-corrected chi connectivity index (χ0v) is 12.4. The van der Waals surface area contributed by atoms with E-state index in [1.54, 1.807) is 0 Å². The molecule has 2 fully saturated rings. The maximum absolute atomic E-state index is 12.3. The molecule has 1 aliphatic heterocycles. The molecular weight excluding hydrogens is 256 g/mol. The fourth-order valence-corrected chi connectivity index (χ4v) is 3.05. The molecule has 1 heterocycles. The second-order valence-corrected chi connectivity index (χ2v) is 5.72. The molecule has 1 saturated heterocycles. The van der Waals surface area contributed by atoms with Gasteiger partial charge in [0.15, 0.2) is 0 Å². The molecule has 0 bridgehead atoms. The molecule has 5 heteroatoms. The fraction of sp³-hybridized carbons (Fsp3) is 0.867. The van der Waals surface area contributed by atoms with Crippen molar-refractivity contribution < 1.29 is 14.3 Å². The van der Waals surface area contributed by atoms with E-state index in [0.29, 0.717) is 13.0 Å². The molecule has 20 heavy (non-hydrogen) atoms. The summed E-state index contributed by atoms with van der Waals surface area (Å²) in [6, 6.07) is -0.149. The topological polar surface area (TPSA) is 58.6 Å². The molecule has 2 rings (SSSR count). The number of ether oxygens (including phenoxy) is 1. The third kappa shape index (κ3) is 3.79. The second kappa shape index (κ2) is 7.74. The molecule has 1 aliphatic carbocycles. The van der Waals surface area contributed by atoms with Gasteiger partial charge >= 0.3 is 0 Å². The smallest absolute Gasteiger partial charge is 0.247 e. The number of carbonyl (C=O) groups excluding carboxylic acids is 2. The quantitative estimate of drug-likeness (QED) is 0.541. The first-order chi connectivity index (χ1) is 9.74. The Hall–Kier alpha value is -0.940. The van der Waals surface area contributed by atoms with Crippen molar-refractivity contribution in [1.82, 2.24) is 10.2 Å². The van der Waals surface area contributed by atoms with Crippen LogP contribution in [0.4, 0.5) is 0 Å². The monoisotopic (exact) mass is 282 g/mol. The van der Waals surface area contributed by atoms with Crippen molar-refractivity contribution in [2.24, 2.45) is 0 Å². The van der Waals surface area contributed by atoms with Gasteiger partial charge in [0.05, 0.1) is 12.5 Å². The van der Waals surface area contributed by atoms with Gasteiger partial charge in [0, 0.05) is 19.3 Å². The summed E-state index contributed by atoms with van der Waals surface area (Å²) in [6.45, 7) is 4.31. The number of imide groups is 1. The van der Waals surface area contributed by atoms with Crippen LogP contribution in [0.25, 0.3) is 0 Å². The minimum atomic E-state index is -0.311. The van der Waals surface area contributed by atoms with Gasteiger partial charge in [-0.3, -0.25) is 14.5 Å². The van der Waals surface area contributed by atoms with Gasteiger partial charge in [0.1, 0.15) is 0 Å². The molecule has 1 atom stereocenters. The number of amides is 2. The zero-order chi connectivity index (χ0) is 14.4. The lowest BCUT2D eigenvalue weighted by Crippen LogP contribution is -2.43. The molecule has 0 radical (unpaired) electrons. The van der Waals surface area contributed by atoms with Gasteiger partial charge in [-0.1, -0.05) is 19.8 Å². The van der Waals surface area contributed by atoms with Crippen LogP contribution >= 0.6 is 0 Å². The normalized spacial score (nSPS) is 24.1. The Kier molecular flexibility index (Phi) is 5.98. The van der Waals surface area contributed by atoms with Gasteiger partial charge in [0.2, 0.25) is 11.8 Å². The summed E-state index contributed by atoms with van der Waals surface area (Å²) < 4.78 is 5.40. The molecule has 2 aliphatic rings. The molecular formula is C15H26N2O3. The summed E-state index contributed by atoms with van der Waals surface area (Å²) in [6.07, 6.45) is 6.46. The van der Waals surface area contributed by atoms with Crippen molar-refractivity contribution >= 4 is 11.8 Å². The van der Waals surface area contributed by atoms with E-state index in [4.69, 9.17) is 4.74 Å². The van der Waals surface area contributed by atoms with Crippen LogP contribution in [0.5, 0.6) is 0 Å². The first kappa shape index (κ1) is 15.4. The SMILES string of the molecule is CCCOCCCNC1CC(=O)N(C2CCCC2)C1=O. The van der Waals surface area contributed by atoms with Crippen LogP contribution < -0.4 is 5.32 Å². The maximum atomic E-state index is 12.3. The zero-order valence-electron chi connectivity index (χ0n) is 12.4. The molecule has 114 valence electrons. The van der Waals surface area contributed by atoms with Gasteiger partial charge in [-0.15, -0.1) is 0 Å². The predicted octanol–water partition coefficient (Wildman–Crippen LogP) is 1.46. The van der Waals surface area contributed by atoms with E-state index in [1.807, 2.05) is 0 Å². The Labute approximate surface area is 121 Å². The average molecular weight is 282 g/mol. The summed E-state index contributed by atoms with van der Waals surface area (Å²) >= 11 is 0. The van der Waals surface area contributed by atoms with E-state index in [-0.39, 0.29) is 23.9 Å². The minimum Gasteiger partial charge on any atom is -0.381 e. The number of nitrogens with zero attached hydrogens (tertiary/aromatic N) is 1. The lowest BCUT2D eigenvalue weighted by Gasteiger charge is -2.22. The van der Waals surface area contributed by atoms with Gasteiger partial charge in [0.25, 0.3) is 0 Å². The number of likely N-dealkylation sites (tertiary alicyclic amines) is 1. The van der Waals surface area contributed by atoms with Crippen LogP contribution in [-0.2, 0) is 14.3 Å². The lowest BCUT2D eigenvalue weighted by molar-refractivity contribution is -0.141. The molecule has 0 aromatic heterocycles. The highest BCUT2D eigenvalue weighted by Crippen LogP contribution is 2.28. The Bertz CT molecular complexity index is 340. The number of rotatable bonds is 8. The largest absolute Gasteiger partial charge is 0.381 e. The summed E-state index contributed by atoms with van der Waals surface area (Å²) in [5, 5.41) is 3.20. The standard InChI is InChI=1S/C15H26N2O3/c1-2-9-20-10-5-8-16-13-11-14(18)17(15(13)19)12-6-3-4-7-12/h12-13,16H,2-11H2,1H3. The molecule has 1 N–H and O–H groups in total. The maximum Gasteiger partial charge on any atom is 0.247 e. The summed E-state index contributed by atoms with van der Waals surface area (Å²) in [4.78, 5) is 25.8. The first-order valence-corrected chi connectivity index (χ1v) is 7.91. The summed E-state index contributed by atoms with van der Waals surface area (Å²) in [5.74, 6) is -0.0157. The van der Waals surface area contributed by atoms with Crippen LogP contribution in [0.2, 0.25) is 0 Å². The number of hydrogen-bond donors (Lipinski definition) is 1. The van der Waals surface area contributed by atoms with Crippen molar-refractivity contribution in [2.45, 2.75) is 64.0 Å². The third-order valence-corrected chi connectivity index (χ3v) is 4.08. The highest BCUT2D eigenvalue weighted by molar-refractivity contribution is 6.05. The van der Waals surface area contributed by atoms with Crippen molar-refractivity contribution in [3.05, 3.63) is 0 Å². The van der Waals surface area contributed by atoms with Crippen molar-refractivity contribution in [3.63, 3.8) is 0 Å². The van der Waals surface area contributed by atoms with Crippen molar-refractivity contribution in [3.8, 4) is 0 Å². The first-order valence-electron chi connectivity index (χ1n) is 7.91. The number of nitrogens with one attached hydrogen (secondary N) is 1. The van der Waals surface area contributed by atoms with Crippen LogP contribution in [0, 0.1) is 0 Å². The van der Waals surface area contributed by atoms with Gasteiger partial charge in [-0.25, -0.2) is 0 Å². The molecule has 0 aromatic carbocycles. The van der Waals surface area contributed by atoms with Crippen molar-refractivity contribution in [2.75, 3.05) is 19.8 Å². The van der Waals surface area contributed by atoms with E-state index in [9.17, 15) is 9.59 Å². The van der Waals surface area contributed by atoms with E-state index >= 15 is 0 Å². The molecule has 5 nitrogen and oxygen atoms in total. The third-order valence-electron chi connectivity index (χ3n) is 4.08.